The van der Waals surface area contributed by atoms with Crippen molar-refractivity contribution in [2.75, 3.05) is 11.9 Å². The van der Waals surface area contributed by atoms with Crippen LogP contribution < -0.4 is 5.32 Å². The van der Waals surface area contributed by atoms with E-state index in [0.717, 1.165) is 18.7 Å². The molecule has 0 amide bonds. The first-order chi connectivity index (χ1) is 9.16. The molecule has 2 N–H and O–H groups in total. The predicted octanol–water partition coefficient (Wildman–Crippen LogP) is 1.79. The molecule has 0 fully saturated rings. The maximum absolute atomic E-state index is 11.1. The molecule has 0 spiro atoms. The number of carbonyl (C=O) groups is 1. The van der Waals surface area contributed by atoms with Gasteiger partial charge in [0, 0.05) is 37.4 Å². The molecule has 0 radical (unpaired) electrons. The van der Waals surface area contributed by atoms with Crippen LogP contribution in [0.3, 0.4) is 0 Å². The van der Waals surface area contributed by atoms with E-state index in [1.54, 1.807) is 18.6 Å². The Morgan fingerprint density at radius 3 is 3.05 bits per heavy atom. The molecule has 19 heavy (non-hydrogen) atoms. The molecule has 2 heterocycles. The molecule has 2 aromatic heterocycles. The Labute approximate surface area is 111 Å². The summed E-state index contributed by atoms with van der Waals surface area (Å²) in [6.45, 7) is 3.38. The van der Waals surface area contributed by atoms with Crippen LogP contribution in [0, 0.1) is 6.92 Å². The van der Waals surface area contributed by atoms with Gasteiger partial charge >= 0.3 is 5.97 Å². The standard InChI is InChI=1S/C13H16N4O2/c1-10-7-12(11(8-16-10)13(18)19)15-3-2-5-17-6-4-14-9-17/h4,6-9H,2-3,5H2,1H3,(H,15,16)(H,18,19). The van der Waals surface area contributed by atoms with Crippen molar-refractivity contribution in [1.82, 2.24) is 14.5 Å². The molecule has 0 unspecified atom stereocenters. The Morgan fingerprint density at radius 2 is 2.37 bits per heavy atom. The van der Waals surface area contributed by atoms with Crippen molar-refractivity contribution < 1.29 is 9.90 Å². The number of imidazole rings is 1. The van der Waals surface area contributed by atoms with E-state index in [2.05, 4.69) is 15.3 Å². The molecule has 2 rings (SSSR count). The van der Waals surface area contributed by atoms with Gasteiger partial charge in [-0.3, -0.25) is 4.98 Å². The number of hydrogen-bond donors (Lipinski definition) is 2. The fourth-order valence-electron chi connectivity index (χ4n) is 1.78. The van der Waals surface area contributed by atoms with Crippen molar-refractivity contribution in [2.24, 2.45) is 0 Å². The largest absolute Gasteiger partial charge is 0.478 e. The van der Waals surface area contributed by atoms with E-state index in [1.165, 1.54) is 6.20 Å². The first-order valence-corrected chi connectivity index (χ1v) is 6.06. The number of rotatable bonds is 6. The van der Waals surface area contributed by atoms with Gasteiger partial charge in [-0.25, -0.2) is 9.78 Å². The molecular weight excluding hydrogens is 244 g/mol. The van der Waals surface area contributed by atoms with Gasteiger partial charge in [-0.1, -0.05) is 0 Å². The maximum Gasteiger partial charge on any atom is 0.339 e. The van der Waals surface area contributed by atoms with Gasteiger partial charge in [0.2, 0.25) is 0 Å². The minimum absolute atomic E-state index is 0.202. The number of nitrogens with one attached hydrogen (secondary N) is 1. The van der Waals surface area contributed by atoms with Gasteiger partial charge in [0.15, 0.2) is 0 Å². The number of anilines is 1. The number of pyridine rings is 1. The molecule has 0 atom stereocenters. The van der Waals surface area contributed by atoms with Gasteiger partial charge in [0.05, 0.1) is 12.0 Å². The van der Waals surface area contributed by atoms with E-state index in [1.807, 2.05) is 17.7 Å². The minimum atomic E-state index is -0.968. The van der Waals surface area contributed by atoms with Crippen molar-refractivity contribution in [2.45, 2.75) is 19.9 Å². The molecule has 0 bridgehead atoms. The van der Waals surface area contributed by atoms with Gasteiger partial charge in [0.25, 0.3) is 0 Å². The van der Waals surface area contributed by atoms with E-state index in [9.17, 15) is 4.79 Å². The van der Waals surface area contributed by atoms with Crippen LogP contribution in [0.5, 0.6) is 0 Å². The Kier molecular flexibility index (Phi) is 4.12. The Balaban J connectivity index is 1.91. The third-order valence-corrected chi connectivity index (χ3v) is 2.74. The molecule has 0 saturated carbocycles. The van der Waals surface area contributed by atoms with Crippen molar-refractivity contribution in [3.63, 3.8) is 0 Å². The first kappa shape index (κ1) is 13.1. The van der Waals surface area contributed by atoms with Gasteiger partial charge in [-0.05, 0) is 19.4 Å². The molecule has 2 aromatic rings. The summed E-state index contributed by atoms with van der Waals surface area (Å²) in [5, 5.41) is 12.2. The SMILES string of the molecule is Cc1cc(NCCCn2ccnc2)c(C(=O)O)cn1. The highest BCUT2D eigenvalue weighted by atomic mass is 16.4. The number of aromatic carboxylic acids is 1. The smallest absolute Gasteiger partial charge is 0.339 e. The molecule has 100 valence electrons. The van der Waals surface area contributed by atoms with E-state index in [-0.39, 0.29) is 5.56 Å². The first-order valence-electron chi connectivity index (χ1n) is 6.06. The molecule has 0 aliphatic carbocycles. The third-order valence-electron chi connectivity index (χ3n) is 2.74. The summed E-state index contributed by atoms with van der Waals surface area (Å²) in [6, 6.07) is 1.75. The molecule has 6 nitrogen and oxygen atoms in total. The van der Waals surface area contributed by atoms with Crippen LogP contribution in [0.15, 0.2) is 31.0 Å². The normalized spacial score (nSPS) is 10.4. The zero-order valence-corrected chi connectivity index (χ0v) is 10.7. The molecule has 0 aliphatic rings. The molecule has 0 saturated heterocycles. The van der Waals surface area contributed by atoms with Gasteiger partial charge in [0.1, 0.15) is 5.56 Å². The highest BCUT2D eigenvalue weighted by Gasteiger charge is 2.10. The monoisotopic (exact) mass is 260 g/mol. The predicted molar refractivity (Wildman–Crippen MR) is 71.3 cm³/mol. The summed E-state index contributed by atoms with van der Waals surface area (Å²) in [6.07, 6.45) is 7.67. The van der Waals surface area contributed by atoms with Crippen LogP contribution in [0.25, 0.3) is 0 Å². The van der Waals surface area contributed by atoms with E-state index in [4.69, 9.17) is 5.11 Å². The highest BCUT2D eigenvalue weighted by Crippen LogP contribution is 2.15. The second-order valence-corrected chi connectivity index (χ2v) is 4.26. The number of carboxylic acid groups (broad SMARTS) is 1. The zero-order valence-electron chi connectivity index (χ0n) is 10.7. The van der Waals surface area contributed by atoms with E-state index >= 15 is 0 Å². The average molecular weight is 260 g/mol. The summed E-state index contributed by atoms with van der Waals surface area (Å²) in [7, 11) is 0. The lowest BCUT2D eigenvalue weighted by atomic mass is 10.2. The summed E-state index contributed by atoms with van der Waals surface area (Å²) in [4.78, 5) is 19.0. The third kappa shape index (κ3) is 3.54. The Bertz CT molecular complexity index is 552. The second-order valence-electron chi connectivity index (χ2n) is 4.26. The van der Waals surface area contributed by atoms with Crippen molar-refractivity contribution in [1.29, 1.82) is 0 Å². The van der Waals surface area contributed by atoms with Gasteiger partial charge in [-0.2, -0.15) is 0 Å². The molecule has 0 aliphatic heterocycles. The quantitative estimate of drug-likeness (QED) is 0.774. The van der Waals surface area contributed by atoms with Crippen LogP contribution in [-0.4, -0.2) is 32.2 Å². The zero-order chi connectivity index (χ0) is 13.7. The average Bonchev–Trinajstić information content (AvgIpc) is 2.87. The number of aromatic nitrogens is 3. The van der Waals surface area contributed by atoms with Crippen molar-refractivity contribution in [3.05, 3.63) is 42.2 Å². The van der Waals surface area contributed by atoms with Crippen LogP contribution in [0.2, 0.25) is 0 Å². The van der Waals surface area contributed by atoms with Crippen LogP contribution in [0.1, 0.15) is 22.5 Å². The Morgan fingerprint density at radius 1 is 1.53 bits per heavy atom. The topological polar surface area (TPSA) is 80.0 Å². The summed E-state index contributed by atoms with van der Waals surface area (Å²) in [5.74, 6) is -0.968. The summed E-state index contributed by atoms with van der Waals surface area (Å²) < 4.78 is 1.98. The number of carboxylic acids is 1. The second kappa shape index (κ2) is 5.99. The molecular formula is C13H16N4O2. The van der Waals surface area contributed by atoms with E-state index in [0.29, 0.717) is 12.2 Å². The van der Waals surface area contributed by atoms with Crippen LogP contribution in [0.4, 0.5) is 5.69 Å². The van der Waals surface area contributed by atoms with Crippen molar-refractivity contribution >= 4 is 11.7 Å². The van der Waals surface area contributed by atoms with Crippen LogP contribution >= 0.6 is 0 Å². The number of hydrogen-bond acceptors (Lipinski definition) is 4. The number of aryl methyl sites for hydroxylation is 2. The molecule has 0 aromatic carbocycles. The summed E-state index contributed by atoms with van der Waals surface area (Å²) in [5.41, 5.74) is 1.61. The lowest BCUT2D eigenvalue weighted by molar-refractivity contribution is 0.0697. The summed E-state index contributed by atoms with van der Waals surface area (Å²) >= 11 is 0. The lowest BCUT2D eigenvalue weighted by Crippen LogP contribution is -2.10. The fourth-order valence-corrected chi connectivity index (χ4v) is 1.78. The van der Waals surface area contributed by atoms with Crippen molar-refractivity contribution in [3.8, 4) is 0 Å². The van der Waals surface area contributed by atoms with Gasteiger partial charge in [-0.15, -0.1) is 0 Å². The molecule has 6 heteroatoms. The lowest BCUT2D eigenvalue weighted by Gasteiger charge is -2.10. The highest BCUT2D eigenvalue weighted by molar-refractivity contribution is 5.93. The van der Waals surface area contributed by atoms with E-state index < -0.39 is 5.97 Å². The maximum atomic E-state index is 11.1. The fraction of sp³-hybridized carbons (Fsp3) is 0.308. The van der Waals surface area contributed by atoms with Crippen LogP contribution in [-0.2, 0) is 6.54 Å². The minimum Gasteiger partial charge on any atom is -0.478 e. The number of nitrogens with zero attached hydrogens (tertiary/aromatic N) is 3. The Hall–Kier alpha value is -2.37. The van der Waals surface area contributed by atoms with Gasteiger partial charge < -0.3 is 15.0 Å².